The molecule has 67 heavy (non-hydrogen) atoms. The van der Waals surface area contributed by atoms with Crippen LogP contribution < -0.4 is 4.89 Å². The lowest BCUT2D eigenvalue weighted by atomic mass is 10.0. The molecule has 0 spiro atoms. The predicted octanol–water partition coefficient (Wildman–Crippen LogP) is 16.3. The lowest BCUT2D eigenvalue weighted by molar-refractivity contribution is -0.870. The molecule has 0 fully saturated rings. The summed E-state index contributed by atoms with van der Waals surface area (Å²) >= 11 is 0. The van der Waals surface area contributed by atoms with Crippen LogP contribution in [0, 0.1) is 0 Å². The van der Waals surface area contributed by atoms with Crippen molar-refractivity contribution in [3.05, 3.63) is 97.2 Å². The van der Waals surface area contributed by atoms with Gasteiger partial charge in [-0.1, -0.05) is 207 Å². The highest BCUT2D eigenvalue weighted by Crippen LogP contribution is 2.38. The molecule has 0 radical (unpaired) electrons. The second-order valence-corrected chi connectivity index (χ2v) is 20.2. The molecule has 9 heteroatoms. The quantitative estimate of drug-likeness (QED) is 0.0197. The summed E-state index contributed by atoms with van der Waals surface area (Å²) < 4.78 is 34.8. The van der Waals surface area contributed by atoms with Crippen molar-refractivity contribution in [3.63, 3.8) is 0 Å². The predicted molar refractivity (Wildman–Crippen MR) is 286 cm³/mol. The van der Waals surface area contributed by atoms with E-state index in [1.165, 1.54) is 89.9 Å². The second kappa shape index (κ2) is 49.8. The summed E-state index contributed by atoms with van der Waals surface area (Å²) in [6.45, 7) is 5.16. The van der Waals surface area contributed by atoms with Crippen LogP contribution in [0.25, 0.3) is 0 Å². The van der Waals surface area contributed by atoms with Gasteiger partial charge in [-0.05, 0) is 89.9 Å². The summed E-state index contributed by atoms with van der Waals surface area (Å²) in [6, 6.07) is 0. The number of hydrogen-bond donors (Lipinski definition) is 0. The van der Waals surface area contributed by atoms with Crippen LogP contribution in [0.1, 0.15) is 206 Å². The molecule has 0 heterocycles. The van der Waals surface area contributed by atoms with E-state index in [0.717, 1.165) is 96.3 Å². The fourth-order valence-corrected chi connectivity index (χ4v) is 7.79. The molecular weight excluding hydrogens is 854 g/mol. The van der Waals surface area contributed by atoms with E-state index >= 15 is 0 Å². The van der Waals surface area contributed by atoms with Crippen LogP contribution in [-0.2, 0) is 27.9 Å². The van der Waals surface area contributed by atoms with Crippen molar-refractivity contribution >= 4 is 13.8 Å². The van der Waals surface area contributed by atoms with E-state index in [1.54, 1.807) is 0 Å². The Morgan fingerprint density at radius 1 is 0.463 bits per heavy atom. The van der Waals surface area contributed by atoms with Crippen LogP contribution in [0.5, 0.6) is 0 Å². The Kier molecular flexibility index (Phi) is 47.9. The van der Waals surface area contributed by atoms with Gasteiger partial charge in [0.05, 0.1) is 34.4 Å². The van der Waals surface area contributed by atoms with E-state index in [4.69, 9.17) is 18.5 Å². The molecule has 0 N–H and O–H groups in total. The maximum Gasteiger partial charge on any atom is 0.306 e. The molecule has 2 unspecified atom stereocenters. The SMILES string of the molecule is CC/C=C\C/C=C\C/C=C\C/C=C\CCCCCCCCCCCCCCC(=O)OC(COCCCCCCCCC/C=C\C/C=C\C/C=C\C/C=C\CC)COP(=O)([O-])OCC[N+](C)(C)C. The van der Waals surface area contributed by atoms with Crippen LogP contribution in [0.2, 0.25) is 0 Å². The molecule has 0 aromatic carbocycles. The molecule has 2 atom stereocenters. The molecule has 0 aliphatic heterocycles. The summed E-state index contributed by atoms with van der Waals surface area (Å²) in [5, 5.41) is 0. The van der Waals surface area contributed by atoms with Crippen LogP contribution in [0.3, 0.4) is 0 Å². The van der Waals surface area contributed by atoms with Crippen molar-refractivity contribution in [1.29, 1.82) is 0 Å². The summed E-state index contributed by atoms with van der Waals surface area (Å²) in [4.78, 5) is 25.2. The van der Waals surface area contributed by atoms with E-state index in [1.807, 2.05) is 21.1 Å². The van der Waals surface area contributed by atoms with Crippen molar-refractivity contribution in [2.45, 2.75) is 213 Å². The molecule has 386 valence electrons. The van der Waals surface area contributed by atoms with Crippen LogP contribution in [-0.4, -0.2) is 70.7 Å². The minimum atomic E-state index is -4.54. The number of unbranched alkanes of at least 4 members (excludes halogenated alkanes) is 19. The fraction of sp³-hybridized carbons (Fsp3) is 0.707. The van der Waals surface area contributed by atoms with Crippen molar-refractivity contribution in [2.75, 3.05) is 54.1 Å². The number of ether oxygens (including phenoxy) is 2. The number of carbonyl (C=O) groups excluding carboxylic acids is 1. The van der Waals surface area contributed by atoms with Gasteiger partial charge in [-0.2, -0.15) is 0 Å². The number of rotatable bonds is 49. The first-order valence-corrected chi connectivity index (χ1v) is 28.4. The Morgan fingerprint density at radius 2 is 0.821 bits per heavy atom. The normalized spacial score (nSPS) is 14.3. The third-order valence-corrected chi connectivity index (χ3v) is 12.1. The fourth-order valence-electron chi connectivity index (χ4n) is 7.06. The van der Waals surface area contributed by atoms with Crippen LogP contribution >= 0.6 is 7.82 Å². The highest BCUT2D eigenvalue weighted by molar-refractivity contribution is 7.45. The summed E-state index contributed by atoms with van der Waals surface area (Å²) in [5.41, 5.74) is 0. The van der Waals surface area contributed by atoms with E-state index in [0.29, 0.717) is 24.1 Å². The third-order valence-electron chi connectivity index (χ3n) is 11.1. The Morgan fingerprint density at radius 3 is 1.22 bits per heavy atom. The first kappa shape index (κ1) is 64.4. The van der Waals surface area contributed by atoms with E-state index in [-0.39, 0.29) is 25.8 Å². The third kappa shape index (κ3) is 54.2. The topological polar surface area (TPSA) is 94.1 Å². The van der Waals surface area contributed by atoms with Crippen LogP contribution in [0.4, 0.5) is 0 Å². The molecule has 0 saturated heterocycles. The first-order chi connectivity index (χ1) is 32.6. The second-order valence-electron chi connectivity index (χ2n) is 18.8. The lowest BCUT2D eigenvalue weighted by Crippen LogP contribution is -2.37. The smallest absolute Gasteiger partial charge is 0.306 e. The molecule has 0 rings (SSSR count). The molecule has 0 saturated carbocycles. The van der Waals surface area contributed by atoms with Gasteiger partial charge in [0, 0.05) is 13.0 Å². The number of nitrogens with zero attached hydrogens (tertiary/aromatic N) is 1. The number of allylic oxidation sites excluding steroid dienone is 16. The Bertz CT molecular complexity index is 1390. The van der Waals surface area contributed by atoms with E-state index in [2.05, 4.69) is 111 Å². The number of esters is 1. The average Bonchev–Trinajstić information content (AvgIpc) is 3.29. The van der Waals surface area contributed by atoms with Crippen molar-refractivity contribution in [1.82, 2.24) is 0 Å². The van der Waals surface area contributed by atoms with Crippen LogP contribution in [0.15, 0.2) is 97.2 Å². The van der Waals surface area contributed by atoms with Gasteiger partial charge in [-0.25, -0.2) is 0 Å². The molecule has 0 aliphatic rings. The zero-order valence-electron chi connectivity index (χ0n) is 43.8. The Hall–Kier alpha value is -2.58. The van der Waals surface area contributed by atoms with E-state index in [9.17, 15) is 14.3 Å². The van der Waals surface area contributed by atoms with Crippen molar-refractivity contribution in [2.24, 2.45) is 0 Å². The average molecular weight is 956 g/mol. The summed E-state index contributed by atoms with van der Waals surface area (Å²) in [6.07, 6.45) is 68.6. The van der Waals surface area contributed by atoms with Gasteiger partial charge in [0.15, 0.2) is 0 Å². The van der Waals surface area contributed by atoms with Crippen molar-refractivity contribution in [3.8, 4) is 0 Å². The number of phosphoric ester groups is 1. The number of likely N-dealkylation sites (N-methyl/N-ethyl adjacent to an activating group) is 1. The summed E-state index contributed by atoms with van der Waals surface area (Å²) in [7, 11) is 1.34. The molecule has 0 aliphatic carbocycles. The van der Waals surface area contributed by atoms with Gasteiger partial charge in [0.1, 0.15) is 19.3 Å². The van der Waals surface area contributed by atoms with E-state index < -0.39 is 13.9 Å². The molecular formula is C58H102NO7P. The molecule has 0 aromatic rings. The van der Waals surface area contributed by atoms with Crippen molar-refractivity contribution < 1.29 is 37.3 Å². The number of phosphoric acid groups is 1. The first-order valence-electron chi connectivity index (χ1n) is 27.0. The maximum absolute atomic E-state index is 12.8. The minimum Gasteiger partial charge on any atom is -0.756 e. The van der Waals surface area contributed by atoms with Gasteiger partial charge < -0.3 is 27.9 Å². The largest absolute Gasteiger partial charge is 0.756 e. The molecule has 0 bridgehead atoms. The lowest BCUT2D eigenvalue weighted by Gasteiger charge is -2.28. The molecule has 0 amide bonds. The summed E-state index contributed by atoms with van der Waals surface area (Å²) in [5.74, 6) is -0.343. The minimum absolute atomic E-state index is 0.0186. The Balaban J connectivity index is 4.14. The van der Waals surface area contributed by atoms with Gasteiger partial charge >= 0.3 is 5.97 Å². The highest BCUT2D eigenvalue weighted by atomic mass is 31.2. The Labute approximate surface area is 413 Å². The standard InChI is InChI=1S/C58H102NO7P/c1-6-8-10-12-14-16-18-20-22-24-26-28-29-30-31-32-33-35-37-39-41-43-45-47-49-51-58(60)66-57(56-65-67(61,62)64-54-52-59(3,4)5)55-63-53-50-48-46-44-42-40-38-36-34-27-25-23-21-19-17-15-13-11-9-7-2/h8-11,14-17,20-23,26-28,34,57H,6-7,12-13,18-19,24-25,29-33,35-56H2,1-5H3/b10-8-,11-9-,16-14-,17-15-,22-20-,23-21-,28-26-,34-27-. The number of hydrogen-bond acceptors (Lipinski definition) is 7. The zero-order valence-corrected chi connectivity index (χ0v) is 44.7. The monoisotopic (exact) mass is 956 g/mol. The number of quaternary nitrogens is 1. The van der Waals surface area contributed by atoms with Gasteiger partial charge in [0.2, 0.25) is 0 Å². The maximum atomic E-state index is 12.8. The van der Waals surface area contributed by atoms with Gasteiger partial charge in [-0.15, -0.1) is 0 Å². The number of carbonyl (C=O) groups is 1. The molecule has 8 nitrogen and oxygen atoms in total. The van der Waals surface area contributed by atoms with Gasteiger partial charge in [-0.3, -0.25) is 9.36 Å². The highest BCUT2D eigenvalue weighted by Gasteiger charge is 2.20. The zero-order chi connectivity index (χ0) is 49.0. The van der Waals surface area contributed by atoms with Gasteiger partial charge in [0.25, 0.3) is 7.82 Å². The molecule has 0 aromatic heterocycles.